The lowest BCUT2D eigenvalue weighted by Crippen LogP contribution is -2.39. The fourth-order valence-electron chi connectivity index (χ4n) is 2.03. The molecule has 5 nitrogen and oxygen atoms in total. The molecule has 0 saturated heterocycles. The fraction of sp³-hybridized carbons (Fsp3) is 0.750. The summed E-state index contributed by atoms with van der Waals surface area (Å²) in [6.45, 7) is 12.1. The first-order valence-corrected chi connectivity index (χ1v) is 9.08. The molecule has 126 valence electrons. The quantitative estimate of drug-likeness (QED) is 0.540. The minimum Gasteiger partial charge on any atom is -0.357 e. The van der Waals surface area contributed by atoms with Gasteiger partial charge in [-0.15, -0.1) is 11.3 Å². The third-order valence-electron chi connectivity index (χ3n) is 3.75. The van der Waals surface area contributed by atoms with E-state index in [0.717, 1.165) is 49.3 Å². The predicted octanol–water partition coefficient (Wildman–Crippen LogP) is 2.28. The number of hydrogen-bond acceptors (Lipinski definition) is 4. The number of guanidine groups is 1. The molecule has 0 saturated carbocycles. The standard InChI is InChI=1S/C16H31N5S/c1-6-13(3)21(5)11-10-19-16(17-7-2)18-9-8-15-12-22-14(4)20-15/h12-13H,6-11H2,1-5H3,(H2,17,18,19). The molecule has 0 bridgehead atoms. The predicted molar refractivity (Wildman–Crippen MR) is 96.9 cm³/mol. The van der Waals surface area contributed by atoms with Crippen molar-refractivity contribution in [2.45, 2.75) is 46.6 Å². The Morgan fingerprint density at radius 2 is 2.18 bits per heavy atom. The number of hydrogen-bond donors (Lipinski definition) is 2. The zero-order valence-electron chi connectivity index (χ0n) is 14.6. The highest BCUT2D eigenvalue weighted by Crippen LogP contribution is 2.07. The second-order valence-electron chi connectivity index (χ2n) is 5.53. The molecule has 0 fully saturated rings. The maximum atomic E-state index is 4.64. The Balaban J connectivity index is 2.35. The van der Waals surface area contributed by atoms with Crippen molar-refractivity contribution < 1.29 is 0 Å². The van der Waals surface area contributed by atoms with E-state index in [1.807, 2.05) is 6.92 Å². The van der Waals surface area contributed by atoms with Gasteiger partial charge in [0.25, 0.3) is 0 Å². The second kappa shape index (κ2) is 10.6. The highest BCUT2D eigenvalue weighted by atomic mass is 32.1. The van der Waals surface area contributed by atoms with E-state index < -0.39 is 0 Å². The largest absolute Gasteiger partial charge is 0.357 e. The van der Waals surface area contributed by atoms with Crippen LogP contribution in [0, 0.1) is 6.92 Å². The molecule has 1 aromatic rings. The first kappa shape index (κ1) is 18.9. The van der Waals surface area contributed by atoms with Gasteiger partial charge in [0, 0.05) is 37.5 Å². The minimum absolute atomic E-state index is 0.610. The smallest absolute Gasteiger partial charge is 0.191 e. The molecule has 0 amide bonds. The van der Waals surface area contributed by atoms with Crippen molar-refractivity contribution in [3.8, 4) is 0 Å². The first-order chi connectivity index (χ1) is 10.6. The van der Waals surface area contributed by atoms with E-state index in [4.69, 9.17) is 0 Å². The number of aromatic nitrogens is 1. The number of nitrogens with one attached hydrogen (secondary N) is 2. The highest BCUT2D eigenvalue weighted by Gasteiger charge is 2.05. The molecule has 0 aromatic carbocycles. The molecular weight excluding hydrogens is 294 g/mol. The molecular formula is C16H31N5S. The third kappa shape index (κ3) is 7.22. The molecule has 6 heteroatoms. The van der Waals surface area contributed by atoms with Crippen LogP contribution in [0.1, 0.15) is 37.9 Å². The van der Waals surface area contributed by atoms with Crippen LogP contribution in [0.4, 0.5) is 0 Å². The highest BCUT2D eigenvalue weighted by molar-refractivity contribution is 7.09. The molecule has 22 heavy (non-hydrogen) atoms. The van der Waals surface area contributed by atoms with E-state index >= 15 is 0 Å². The van der Waals surface area contributed by atoms with E-state index in [9.17, 15) is 0 Å². The Labute approximate surface area is 139 Å². The lowest BCUT2D eigenvalue weighted by Gasteiger charge is -2.22. The second-order valence-corrected chi connectivity index (χ2v) is 6.60. The van der Waals surface area contributed by atoms with Crippen molar-refractivity contribution in [1.29, 1.82) is 0 Å². The number of aliphatic imine (C=N–C) groups is 1. The summed E-state index contributed by atoms with van der Waals surface area (Å²) < 4.78 is 0. The maximum absolute atomic E-state index is 4.64. The Bertz CT molecular complexity index is 443. The Kier molecular flexibility index (Phi) is 9.08. The van der Waals surface area contributed by atoms with Crippen LogP contribution < -0.4 is 10.6 Å². The zero-order chi connectivity index (χ0) is 16.4. The van der Waals surface area contributed by atoms with Gasteiger partial charge in [0.05, 0.1) is 17.2 Å². The Morgan fingerprint density at radius 1 is 1.41 bits per heavy atom. The number of nitrogens with zero attached hydrogens (tertiary/aromatic N) is 3. The molecule has 0 radical (unpaired) electrons. The van der Waals surface area contributed by atoms with Gasteiger partial charge in [0.1, 0.15) is 0 Å². The van der Waals surface area contributed by atoms with Crippen LogP contribution in [0.15, 0.2) is 10.4 Å². The number of likely N-dealkylation sites (N-methyl/N-ethyl adjacent to an activating group) is 1. The molecule has 2 N–H and O–H groups in total. The normalized spacial score (nSPS) is 13.5. The molecule has 1 heterocycles. The molecule has 0 spiro atoms. The number of rotatable bonds is 9. The van der Waals surface area contributed by atoms with Gasteiger partial charge in [-0.05, 0) is 34.2 Å². The van der Waals surface area contributed by atoms with E-state index in [1.54, 1.807) is 11.3 Å². The Hall–Kier alpha value is -1.14. The van der Waals surface area contributed by atoms with Crippen molar-refractivity contribution >= 4 is 17.3 Å². The summed E-state index contributed by atoms with van der Waals surface area (Å²) >= 11 is 1.71. The zero-order valence-corrected chi connectivity index (χ0v) is 15.5. The van der Waals surface area contributed by atoms with Crippen molar-refractivity contribution in [2.24, 2.45) is 4.99 Å². The Morgan fingerprint density at radius 3 is 2.77 bits per heavy atom. The minimum atomic E-state index is 0.610. The third-order valence-corrected chi connectivity index (χ3v) is 4.57. The van der Waals surface area contributed by atoms with E-state index in [0.29, 0.717) is 6.04 Å². The molecule has 0 aliphatic rings. The molecule has 0 aliphatic carbocycles. The fourth-order valence-corrected chi connectivity index (χ4v) is 2.67. The van der Waals surface area contributed by atoms with Gasteiger partial charge in [-0.2, -0.15) is 0 Å². The molecule has 1 unspecified atom stereocenters. The van der Waals surface area contributed by atoms with E-state index in [2.05, 4.69) is 58.7 Å². The lowest BCUT2D eigenvalue weighted by atomic mass is 10.2. The topological polar surface area (TPSA) is 52.6 Å². The van der Waals surface area contributed by atoms with Gasteiger partial charge in [0.15, 0.2) is 5.96 Å². The van der Waals surface area contributed by atoms with Crippen LogP contribution in [-0.4, -0.2) is 55.1 Å². The first-order valence-electron chi connectivity index (χ1n) is 8.20. The van der Waals surface area contributed by atoms with Gasteiger partial charge in [-0.3, -0.25) is 4.99 Å². The average molecular weight is 326 g/mol. The van der Waals surface area contributed by atoms with Gasteiger partial charge in [0.2, 0.25) is 0 Å². The lowest BCUT2D eigenvalue weighted by molar-refractivity contribution is 0.259. The van der Waals surface area contributed by atoms with Crippen LogP contribution in [0.25, 0.3) is 0 Å². The van der Waals surface area contributed by atoms with Crippen LogP contribution in [-0.2, 0) is 6.42 Å². The molecule has 0 aliphatic heterocycles. The monoisotopic (exact) mass is 325 g/mol. The van der Waals surface area contributed by atoms with Gasteiger partial charge < -0.3 is 15.5 Å². The summed E-state index contributed by atoms with van der Waals surface area (Å²) in [5.41, 5.74) is 1.15. The van der Waals surface area contributed by atoms with Crippen molar-refractivity contribution in [2.75, 3.05) is 33.2 Å². The van der Waals surface area contributed by atoms with Gasteiger partial charge >= 0.3 is 0 Å². The SMILES string of the molecule is CCNC(=NCCN(C)C(C)CC)NCCc1csc(C)n1. The summed E-state index contributed by atoms with van der Waals surface area (Å²) in [4.78, 5) is 11.5. The summed E-state index contributed by atoms with van der Waals surface area (Å²) in [7, 11) is 2.16. The maximum Gasteiger partial charge on any atom is 0.191 e. The molecule has 1 rings (SSSR count). The molecule has 1 atom stereocenters. The van der Waals surface area contributed by atoms with Crippen LogP contribution in [0.3, 0.4) is 0 Å². The van der Waals surface area contributed by atoms with E-state index in [1.165, 1.54) is 6.42 Å². The summed E-state index contributed by atoms with van der Waals surface area (Å²) in [6.07, 6.45) is 2.10. The van der Waals surface area contributed by atoms with Crippen LogP contribution in [0.2, 0.25) is 0 Å². The van der Waals surface area contributed by atoms with E-state index in [-0.39, 0.29) is 0 Å². The van der Waals surface area contributed by atoms with Crippen LogP contribution >= 0.6 is 11.3 Å². The molecule has 1 aromatic heterocycles. The van der Waals surface area contributed by atoms with Crippen LogP contribution in [0.5, 0.6) is 0 Å². The number of aryl methyl sites for hydroxylation is 1. The van der Waals surface area contributed by atoms with Crippen molar-refractivity contribution in [3.05, 3.63) is 16.1 Å². The van der Waals surface area contributed by atoms with Crippen molar-refractivity contribution in [3.63, 3.8) is 0 Å². The summed E-state index contributed by atoms with van der Waals surface area (Å²) in [6, 6.07) is 0.610. The average Bonchev–Trinajstić information content (AvgIpc) is 2.91. The van der Waals surface area contributed by atoms with Gasteiger partial charge in [-0.25, -0.2) is 4.98 Å². The summed E-state index contributed by atoms with van der Waals surface area (Å²) in [5, 5.41) is 9.93. The summed E-state index contributed by atoms with van der Waals surface area (Å²) in [5.74, 6) is 0.895. The van der Waals surface area contributed by atoms with Crippen molar-refractivity contribution in [1.82, 2.24) is 20.5 Å². The van der Waals surface area contributed by atoms with Gasteiger partial charge in [-0.1, -0.05) is 6.92 Å². The number of thiazole rings is 1.